The first-order chi connectivity index (χ1) is 20.7. The van der Waals surface area contributed by atoms with Crippen molar-refractivity contribution < 1.29 is 14.3 Å². The molecule has 0 spiro atoms. The molecule has 2 amide bonds. The number of ether oxygens (including phenoxy) is 1. The van der Waals surface area contributed by atoms with Crippen LogP contribution in [0.5, 0.6) is 5.75 Å². The third-order valence-electron chi connectivity index (χ3n) is 7.92. The number of nitrogens with zero attached hydrogens (tertiary/aromatic N) is 3. The fraction of sp³-hybridized carbons (Fsp3) is 0.250. The maximum atomic E-state index is 14.2. The second-order valence-electron chi connectivity index (χ2n) is 10.6. The molecule has 0 aliphatic carbocycles. The van der Waals surface area contributed by atoms with E-state index in [1.165, 1.54) is 0 Å². The molecular weight excluding hydrogens is 589 g/mol. The molecule has 2 atom stereocenters. The van der Waals surface area contributed by atoms with Crippen LogP contribution in [0.25, 0.3) is 5.69 Å². The van der Waals surface area contributed by atoms with Crippen LogP contribution >= 0.6 is 23.2 Å². The summed E-state index contributed by atoms with van der Waals surface area (Å²) in [6.45, 7) is 2.57. The Morgan fingerprint density at radius 3 is 2.49 bits per heavy atom. The number of amides is 2. The zero-order valence-corrected chi connectivity index (χ0v) is 25.1. The molecule has 43 heavy (non-hydrogen) atoms. The molecule has 0 fully saturated rings. The van der Waals surface area contributed by atoms with Gasteiger partial charge in [-0.1, -0.05) is 41.4 Å². The zero-order valence-electron chi connectivity index (χ0n) is 23.6. The molecule has 220 valence electrons. The summed E-state index contributed by atoms with van der Waals surface area (Å²) in [5.41, 5.74) is 3.25. The van der Waals surface area contributed by atoms with Crippen LogP contribution in [0.15, 0.2) is 71.5 Å². The topological polar surface area (TPSA) is 106 Å². The van der Waals surface area contributed by atoms with Gasteiger partial charge in [0.15, 0.2) is 0 Å². The molecule has 3 aromatic carbocycles. The van der Waals surface area contributed by atoms with Crippen molar-refractivity contribution in [2.24, 2.45) is 0 Å². The number of benzene rings is 3. The third-order valence-corrected chi connectivity index (χ3v) is 8.66. The normalized spacial score (nSPS) is 17.3. The summed E-state index contributed by atoms with van der Waals surface area (Å²) in [5.74, 6) is 0.676. The summed E-state index contributed by atoms with van der Waals surface area (Å²) >= 11 is 12.3. The van der Waals surface area contributed by atoms with Gasteiger partial charge < -0.3 is 20.3 Å². The fourth-order valence-corrected chi connectivity index (χ4v) is 5.91. The lowest BCUT2D eigenvalue weighted by atomic mass is 9.98. The van der Waals surface area contributed by atoms with Crippen LogP contribution in [0.4, 0.5) is 5.95 Å². The van der Waals surface area contributed by atoms with Gasteiger partial charge in [0.25, 0.3) is 17.4 Å². The number of para-hydroxylation sites is 1. The molecule has 11 heteroatoms. The highest BCUT2D eigenvalue weighted by Gasteiger charge is 2.33. The lowest BCUT2D eigenvalue weighted by Gasteiger charge is -2.35. The first kappa shape index (κ1) is 28.8. The zero-order chi connectivity index (χ0) is 30.2. The summed E-state index contributed by atoms with van der Waals surface area (Å²) in [5, 5.41) is 6.78. The first-order valence-electron chi connectivity index (χ1n) is 14.0. The second kappa shape index (κ2) is 11.7. The Morgan fingerprint density at radius 1 is 1.00 bits per heavy atom. The van der Waals surface area contributed by atoms with Crippen LogP contribution in [-0.2, 0) is 13.0 Å². The number of hydrogen-bond donors (Lipinski definition) is 2. The maximum absolute atomic E-state index is 14.2. The Kier molecular flexibility index (Phi) is 7.85. The van der Waals surface area contributed by atoms with Gasteiger partial charge in [-0.15, -0.1) is 0 Å². The van der Waals surface area contributed by atoms with Crippen molar-refractivity contribution in [3.05, 3.63) is 115 Å². The van der Waals surface area contributed by atoms with Crippen molar-refractivity contribution in [1.29, 1.82) is 0 Å². The minimum Gasteiger partial charge on any atom is -0.493 e. The highest BCUT2D eigenvalue weighted by molar-refractivity contribution is 6.42. The molecule has 0 radical (unpaired) electrons. The van der Waals surface area contributed by atoms with Gasteiger partial charge in [0.1, 0.15) is 5.75 Å². The molecule has 0 saturated heterocycles. The summed E-state index contributed by atoms with van der Waals surface area (Å²) < 4.78 is 7.40. The van der Waals surface area contributed by atoms with E-state index in [1.807, 2.05) is 31.2 Å². The van der Waals surface area contributed by atoms with Gasteiger partial charge in [-0.2, -0.15) is 0 Å². The van der Waals surface area contributed by atoms with Crippen LogP contribution in [0, 0.1) is 0 Å². The van der Waals surface area contributed by atoms with Crippen molar-refractivity contribution in [1.82, 2.24) is 19.8 Å². The average molecular weight is 619 g/mol. The molecule has 2 aliphatic rings. The molecule has 2 aliphatic heterocycles. The minimum absolute atomic E-state index is 0.153. The molecule has 9 nitrogen and oxygen atoms in total. The van der Waals surface area contributed by atoms with Crippen molar-refractivity contribution in [3.63, 3.8) is 0 Å². The SMILES string of the molecule is CNC(=O)c1ccc(-n2c(N[C@@H]3CCOc4ccccc43)nc3c(c2=O)C[C@@H](C)N(C(=O)c2ccc(Cl)c(Cl)c2)C3)cc1. The van der Waals surface area contributed by atoms with Gasteiger partial charge in [0, 0.05) is 41.8 Å². The Morgan fingerprint density at radius 2 is 1.74 bits per heavy atom. The largest absolute Gasteiger partial charge is 0.493 e. The first-order valence-corrected chi connectivity index (χ1v) is 14.7. The number of fused-ring (bicyclic) bond motifs is 2. The number of carbonyl (C=O) groups is 2. The molecule has 0 saturated carbocycles. The number of hydrogen-bond acceptors (Lipinski definition) is 6. The molecule has 0 bridgehead atoms. The van der Waals surface area contributed by atoms with Crippen molar-refractivity contribution in [3.8, 4) is 11.4 Å². The Balaban J connectivity index is 1.43. The summed E-state index contributed by atoms with van der Waals surface area (Å²) in [4.78, 5) is 46.6. The average Bonchev–Trinajstić information content (AvgIpc) is 3.02. The van der Waals surface area contributed by atoms with E-state index in [9.17, 15) is 14.4 Å². The van der Waals surface area contributed by atoms with E-state index in [4.69, 9.17) is 32.9 Å². The van der Waals surface area contributed by atoms with Crippen LogP contribution in [0.2, 0.25) is 10.0 Å². The van der Waals surface area contributed by atoms with Crippen molar-refractivity contribution in [2.45, 2.75) is 38.4 Å². The molecule has 0 unspecified atom stereocenters. The summed E-state index contributed by atoms with van der Waals surface area (Å²) in [6.07, 6.45) is 0.990. The van der Waals surface area contributed by atoms with Gasteiger partial charge >= 0.3 is 0 Å². The number of carbonyl (C=O) groups excluding carboxylic acids is 2. The standard InChI is InChI=1S/C32H29Cl2N5O4/c1-18-15-23-27(17-38(18)30(41)20-9-12-24(33)25(34)16-20)37-32(36-26-13-14-43-28-6-4-3-5-22(26)28)39(31(23)42)21-10-7-19(8-11-21)29(40)35-2/h3-12,16,18,26H,13-15,17H2,1-2H3,(H,35,40)(H,36,37)/t18-,26-/m1/s1. The third kappa shape index (κ3) is 5.46. The van der Waals surface area contributed by atoms with Gasteiger partial charge in [0.2, 0.25) is 5.95 Å². The second-order valence-corrected chi connectivity index (χ2v) is 11.4. The number of rotatable bonds is 5. The number of aromatic nitrogens is 2. The van der Waals surface area contributed by atoms with Crippen LogP contribution < -0.4 is 20.9 Å². The van der Waals surface area contributed by atoms with Crippen LogP contribution in [0.3, 0.4) is 0 Å². The van der Waals surface area contributed by atoms with E-state index >= 15 is 0 Å². The molecule has 4 aromatic rings. The molecule has 6 rings (SSSR count). The quantitative estimate of drug-likeness (QED) is 0.310. The molecule has 3 heterocycles. The van der Waals surface area contributed by atoms with E-state index in [0.717, 1.165) is 11.3 Å². The summed E-state index contributed by atoms with van der Waals surface area (Å²) in [7, 11) is 1.57. The Bertz CT molecular complexity index is 1790. The number of nitrogens with one attached hydrogen (secondary N) is 2. The molecular formula is C32H29Cl2N5O4. The lowest BCUT2D eigenvalue weighted by molar-refractivity contribution is 0.0653. The molecule has 1 aromatic heterocycles. The lowest BCUT2D eigenvalue weighted by Crippen LogP contribution is -2.46. The highest BCUT2D eigenvalue weighted by atomic mass is 35.5. The number of anilines is 1. The van der Waals surface area contributed by atoms with Crippen LogP contribution in [-0.4, -0.2) is 46.0 Å². The molecule has 2 N–H and O–H groups in total. The highest BCUT2D eigenvalue weighted by Crippen LogP contribution is 2.35. The van der Waals surface area contributed by atoms with E-state index in [2.05, 4.69) is 10.6 Å². The van der Waals surface area contributed by atoms with Gasteiger partial charge in [-0.05, 0) is 61.9 Å². The van der Waals surface area contributed by atoms with Gasteiger partial charge in [-0.25, -0.2) is 9.55 Å². The van der Waals surface area contributed by atoms with Crippen LogP contribution in [0.1, 0.15) is 56.9 Å². The monoisotopic (exact) mass is 617 g/mol. The van der Waals surface area contributed by atoms with Crippen molar-refractivity contribution >= 4 is 41.0 Å². The predicted molar refractivity (Wildman–Crippen MR) is 166 cm³/mol. The smallest absolute Gasteiger partial charge is 0.263 e. The van der Waals surface area contributed by atoms with E-state index in [0.29, 0.717) is 63.5 Å². The van der Waals surface area contributed by atoms with Crippen molar-refractivity contribution in [2.75, 3.05) is 19.0 Å². The maximum Gasteiger partial charge on any atom is 0.263 e. The van der Waals surface area contributed by atoms with E-state index in [-0.39, 0.29) is 36.0 Å². The minimum atomic E-state index is -0.269. The Hall–Kier alpha value is -4.34. The van der Waals surface area contributed by atoms with Gasteiger partial charge in [-0.3, -0.25) is 14.4 Å². The van der Waals surface area contributed by atoms with Gasteiger partial charge in [0.05, 0.1) is 40.6 Å². The summed E-state index contributed by atoms with van der Waals surface area (Å²) in [6, 6.07) is 18.9. The van der Waals surface area contributed by atoms with E-state index < -0.39 is 0 Å². The predicted octanol–water partition coefficient (Wildman–Crippen LogP) is 5.42. The Labute approximate surface area is 258 Å². The number of halogens is 2. The van der Waals surface area contributed by atoms with E-state index in [1.54, 1.807) is 59.0 Å². The fourth-order valence-electron chi connectivity index (χ4n) is 5.62.